The number of esters is 1. The van der Waals surface area contributed by atoms with Crippen molar-refractivity contribution in [2.75, 3.05) is 6.61 Å². The van der Waals surface area contributed by atoms with E-state index in [9.17, 15) is 33.9 Å². The number of ketones is 1. The van der Waals surface area contributed by atoms with E-state index in [0.29, 0.717) is 6.54 Å². The summed E-state index contributed by atoms with van der Waals surface area (Å²) >= 11 is 1.22. The van der Waals surface area contributed by atoms with Crippen molar-refractivity contribution in [1.82, 2.24) is 25.5 Å². The molecule has 0 spiro atoms. The zero-order chi connectivity index (χ0) is 42.4. The SMILES string of the molecule is Cc1ccccc1CNC(=O)[C@H]1NC(C(=O)[C@@H](O)[C@H](Cc2ccccc2)NC(=O)CC(C)(C)C(=O)OC[C@H]2O[C@@H](n3cc(C)c(=O)[nH]c3=O)C[C@@H]2N=[N+]=[N-])SC1(C)C. The van der Waals surface area contributed by atoms with Crippen LogP contribution < -0.4 is 27.2 Å². The number of hydrogen-bond acceptors (Lipinski definition) is 12. The normalized spacial score (nSPS) is 22.3. The summed E-state index contributed by atoms with van der Waals surface area (Å²) in [5.41, 5.74) is 9.47. The number of aliphatic hydroxyl groups excluding tert-OH is 1. The second-order valence-electron chi connectivity index (χ2n) is 15.8. The number of aliphatic hydroxyl groups is 1. The minimum absolute atomic E-state index is 0.0710. The Balaban J connectivity index is 1.22. The predicted molar refractivity (Wildman–Crippen MR) is 215 cm³/mol. The van der Waals surface area contributed by atoms with Crippen molar-refractivity contribution < 1.29 is 33.8 Å². The summed E-state index contributed by atoms with van der Waals surface area (Å²) < 4.78 is 11.9. The van der Waals surface area contributed by atoms with Gasteiger partial charge in [-0.25, -0.2) is 4.79 Å². The van der Waals surface area contributed by atoms with Crippen LogP contribution in [0.3, 0.4) is 0 Å². The maximum atomic E-state index is 13.9. The first-order valence-corrected chi connectivity index (χ1v) is 19.8. The fourth-order valence-electron chi connectivity index (χ4n) is 6.95. The Morgan fingerprint density at radius 1 is 1.10 bits per heavy atom. The highest BCUT2D eigenvalue weighted by atomic mass is 32.2. The van der Waals surface area contributed by atoms with Gasteiger partial charge in [0.05, 0.1) is 17.5 Å². The monoisotopic (exact) mass is 818 g/mol. The van der Waals surface area contributed by atoms with Crippen molar-refractivity contribution in [1.29, 1.82) is 0 Å². The van der Waals surface area contributed by atoms with Crippen LogP contribution in [0.1, 0.15) is 69.0 Å². The number of carbonyl (C=O) groups is 4. The van der Waals surface area contributed by atoms with Gasteiger partial charge in [0.15, 0.2) is 5.78 Å². The van der Waals surface area contributed by atoms with Crippen LogP contribution >= 0.6 is 11.8 Å². The van der Waals surface area contributed by atoms with E-state index in [1.165, 1.54) is 43.3 Å². The van der Waals surface area contributed by atoms with Crippen molar-refractivity contribution in [3.63, 3.8) is 0 Å². The molecule has 5 N–H and O–H groups in total. The number of hydrogen-bond donors (Lipinski definition) is 5. The van der Waals surface area contributed by atoms with Gasteiger partial charge in [-0.1, -0.05) is 59.7 Å². The molecule has 0 radical (unpaired) electrons. The van der Waals surface area contributed by atoms with Gasteiger partial charge in [-0.3, -0.25) is 38.8 Å². The van der Waals surface area contributed by atoms with Crippen molar-refractivity contribution in [2.24, 2.45) is 10.5 Å². The number of nitrogens with one attached hydrogen (secondary N) is 4. The Morgan fingerprint density at radius 3 is 2.48 bits per heavy atom. The number of nitrogens with zero attached hydrogens (tertiary/aromatic N) is 4. The van der Waals surface area contributed by atoms with E-state index in [4.69, 9.17) is 15.0 Å². The Hall–Kier alpha value is -5.26. The van der Waals surface area contributed by atoms with Crippen molar-refractivity contribution in [3.05, 3.63) is 114 Å². The molecule has 310 valence electrons. The van der Waals surface area contributed by atoms with Crippen LogP contribution in [0.4, 0.5) is 0 Å². The van der Waals surface area contributed by atoms with E-state index in [0.717, 1.165) is 16.7 Å². The summed E-state index contributed by atoms with van der Waals surface area (Å²) in [5.74, 6) is -2.31. The topological polar surface area (TPSA) is 247 Å². The number of H-pyrrole nitrogens is 1. The number of benzene rings is 2. The molecular formula is C40H50N8O9S. The summed E-state index contributed by atoms with van der Waals surface area (Å²) in [6.45, 7) is 10.1. The molecule has 7 atom stereocenters. The molecule has 0 saturated carbocycles. The summed E-state index contributed by atoms with van der Waals surface area (Å²) in [6.07, 6.45) is -2.42. The van der Waals surface area contributed by atoms with E-state index < -0.39 is 81.0 Å². The highest BCUT2D eigenvalue weighted by Gasteiger charge is 2.49. The van der Waals surface area contributed by atoms with E-state index >= 15 is 0 Å². The molecule has 5 rings (SSSR count). The first-order chi connectivity index (χ1) is 27.4. The minimum Gasteiger partial charge on any atom is -0.462 e. The van der Waals surface area contributed by atoms with Crippen molar-refractivity contribution in [2.45, 2.75) is 114 Å². The number of thioether (sulfide) groups is 1. The molecule has 1 aromatic heterocycles. The van der Waals surface area contributed by atoms with Crippen LogP contribution in [0.2, 0.25) is 0 Å². The van der Waals surface area contributed by atoms with Crippen molar-refractivity contribution >= 4 is 35.3 Å². The number of aromatic amines is 1. The van der Waals surface area contributed by atoms with E-state index in [1.807, 2.05) is 51.1 Å². The third kappa shape index (κ3) is 10.6. The molecule has 2 saturated heterocycles. The van der Waals surface area contributed by atoms with E-state index in [2.05, 4.69) is 31.0 Å². The highest BCUT2D eigenvalue weighted by molar-refractivity contribution is 8.02. The smallest absolute Gasteiger partial charge is 0.330 e. The van der Waals surface area contributed by atoms with Gasteiger partial charge in [-0.2, -0.15) is 0 Å². The molecule has 18 heteroatoms. The lowest BCUT2D eigenvalue weighted by Gasteiger charge is -2.28. The van der Waals surface area contributed by atoms with Gasteiger partial charge in [0.25, 0.3) is 5.56 Å². The molecule has 2 aromatic carbocycles. The summed E-state index contributed by atoms with van der Waals surface area (Å²) in [6, 6.07) is 14.0. The largest absolute Gasteiger partial charge is 0.462 e. The van der Waals surface area contributed by atoms with Crippen LogP contribution in [0.25, 0.3) is 10.4 Å². The first kappa shape index (κ1) is 43.9. The molecule has 0 aliphatic carbocycles. The molecule has 2 aliphatic heterocycles. The van der Waals surface area contributed by atoms with Crippen LogP contribution in [0.15, 0.2) is 75.5 Å². The standard InChI is InChI=1S/C40H50N8O9S/c1-22-12-10-11-15-25(22)19-42-35(53)33-40(5,6)58-36(44-33)32(51)31(50)27(16-24-13-8-7-9-14-24)43-29(49)18-39(3,4)37(54)56-21-28-26(46-47-41)17-30(57-28)48-20-23(2)34(52)45-38(48)55/h7-15,20,26-28,30-31,33,36,44,50H,16-19,21H2,1-6H3,(H,42,53)(H,43,49)(H,45,52,55)/t26-,27-,28+,30+,31-,33+,36?/m0/s1. The number of azide groups is 1. The van der Waals surface area contributed by atoms with Gasteiger partial charge in [0, 0.05) is 40.8 Å². The third-order valence-electron chi connectivity index (χ3n) is 10.4. The lowest BCUT2D eigenvalue weighted by Crippen LogP contribution is -2.55. The van der Waals surface area contributed by atoms with Gasteiger partial charge in [-0.05, 0) is 70.2 Å². The molecule has 2 aliphatic rings. The molecular weight excluding hydrogens is 769 g/mol. The lowest BCUT2D eigenvalue weighted by atomic mass is 9.88. The molecule has 2 amide bonds. The zero-order valence-electron chi connectivity index (χ0n) is 33.3. The number of amides is 2. The Morgan fingerprint density at radius 2 is 1.79 bits per heavy atom. The first-order valence-electron chi connectivity index (χ1n) is 18.9. The maximum absolute atomic E-state index is 13.9. The number of rotatable bonds is 16. The number of aromatic nitrogens is 2. The maximum Gasteiger partial charge on any atom is 0.330 e. The Kier molecular flexibility index (Phi) is 14.0. The average molecular weight is 819 g/mol. The minimum atomic E-state index is -1.68. The lowest BCUT2D eigenvalue weighted by molar-refractivity contribution is -0.160. The molecule has 1 unspecified atom stereocenters. The number of carbonyl (C=O) groups excluding carboxylic acids is 4. The molecule has 3 aromatic rings. The zero-order valence-corrected chi connectivity index (χ0v) is 34.1. The van der Waals surface area contributed by atoms with E-state index in [-0.39, 0.29) is 37.3 Å². The van der Waals surface area contributed by atoms with Gasteiger partial charge in [-0.15, -0.1) is 11.8 Å². The molecule has 2 fully saturated rings. The second kappa shape index (κ2) is 18.6. The molecule has 58 heavy (non-hydrogen) atoms. The van der Waals surface area contributed by atoms with Crippen LogP contribution in [-0.2, 0) is 41.6 Å². The van der Waals surface area contributed by atoms with Crippen LogP contribution in [0, 0.1) is 19.3 Å². The van der Waals surface area contributed by atoms with E-state index in [1.54, 1.807) is 24.3 Å². The third-order valence-corrected chi connectivity index (χ3v) is 11.8. The molecule has 0 bridgehead atoms. The van der Waals surface area contributed by atoms with Crippen LogP contribution in [-0.4, -0.2) is 85.3 Å². The number of aryl methyl sites for hydroxylation is 2. The average Bonchev–Trinajstić information content (AvgIpc) is 3.73. The van der Waals surface area contributed by atoms with Gasteiger partial charge < -0.3 is 25.2 Å². The van der Waals surface area contributed by atoms with Crippen molar-refractivity contribution in [3.8, 4) is 0 Å². The number of ether oxygens (including phenoxy) is 2. The fourth-order valence-corrected chi connectivity index (χ4v) is 8.33. The number of Topliss-reactive ketones (excluding diaryl/α,β-unsaturated/α-hetero) is 1. The summed E-state index contributed by atoms with van der Waals surface area (Å²) in [5, 5.41) is 23.2. The Bertz CT molecular complexity index is 2170. The fraction of sp³-hybridized carbons (Fsp3) is 0.500. The second-order valence-corrected chi connectivity index (χ2v) is 17.6. The quantitative estimate of drug-likeness (QED) is 0.0609. The van der Waals surface area contributed by atoms with Gasteiger partial charge in [0.2, 0.25) is 11.8 Å². The van der Waals surface area contributed by atoms with Gasteiger partial charge >= 0.3 is 11.7 Å². The Labute approximate surface area is 339 Å². The van der Waals surface area contributed by atoms with Crippen LogP contribution in [0.5, 0.6) is 0 Å². The molecule has 17 nitrogen and oxygen atoms in total. The summed E-state index contributed by atoms with van der Waals surface area (Å²) in [7, 11) is 0. The predicted octanol–water partition coefficient (Wildman–Crippen LogP) is 2.86. The molecule has 3 heterocycles. The highest BCUT2D eigenvalue weighted by Crippen LogP contribution is 2.39. The summed E-state index contributed by atoms with van der Waals surface area (Å²) in [4.78, 5) is 83.6. The van der Waals surface area contributed by atoms with Gasteiger partial charge in [0.1, 0.15) is 36.5 Å².